The monoisotopic (exact) mass is 216 g/mol. The summed E-state index contributed by atoms with van der Waals surface area (Å²) in [6.45, 7) is 7.26. The van der Waals surface area contributed by atoms with Gasteiger partial charge in [-0.1, -0.05) is 6.92 Å². The number of ether oxygens (including phenoxy) is 1. The third-order valence-electron chi connectivity index (χ3n) is 3.00. The van der Waals surface area contributed by atoms with Gasteiger partial charge in [-0.25, -0.2) is 0 Å². The minimum atomic E-state index is -0.0677. The van der Waals surface area contributed by atoms with E-state index in [2.05, 4.69) is 23.6 Å². The van der Waals surface area contributed by atoms with E-state index >= 15 is 0 Å². The summed E-state index contributed by atoms with van der Waals surface area (Å²) in [7, 11) is 0. The molecule has 0 aromatic rings. The molecule has 2 unspecified atom stereocenters. The average Bonchev–Trinajstić information content (AvgIpc) is 2.51. The molecule has 3 nitrogen and oxygen atoms in total. The molecule has 0 aromatic heterocycles. The summed E-state index contributed by atoms with van der Waals surface area (Å²) in [5.74, 6) is 1.25. The molecule has 2 aliphatic rings. The molecule has 0 spiro atoms. The molecule has 2 N–H and O–H groups in total. The van der Waals surface area contributed by atoms with E-state index in [4.69, 9.17) is 10.5 Å². The van der Waals surface area contributed by atoms with Gasteiger partial charge in [-0.2, -0.15) is 11.8 Å². The predicted octanol–water partition coefficient (Wildman–Crippen LogP) is 0.542. The van der Waals surface area contributed by atoms with Crippen LogP contribution in [-0.2, 0) is 4.74 Å². The molecular weight excluding hydrogens is 196 g/mol. The van der Waals surface area contributed by atoms with Crippen LogP contribution in [0.25, 0.3) is 0 Å². The van der Waals surface area contributed by atoms with Crippen molar-refractivity contribution < 1.29 is 4.74 Å². The highest BCUT2D eigenvalue weighted by atomic mass is 32.2. The minimum absolute atomic E-state index is 0.0677. The van der Waals surface area contributed by atoms with Crippen molar-refractivity contribution in [2.75, 3.05) is 38.6 Å². The Bertz CT molecular complexity index is 195. The molecule has 2 rings (SSSR count). The Morgan fingerprint density at radius 1 is 1.64 bits per heavy atom. The lowest BCUT2D eigenvalue weighted by molar-refractivity contribution is 0.154. The van der Waals surface area contributed by atoms with Crippen LogP contribution in [0.5, 0.6) is 0 Å². The van der Waals surface area contributed by atoms with Crippen LogP contribution >= 0.6 is 11.8 Å². The number of thioether (sulfide) groups is 1. The van der Waals surface area contributed by atoms with Crippen LogP contribution < -0.4 is 5.73 Å². The standard InChI is InChI=1S/C10H20N2OS/c1-9-6-12(3-5-14-9)7-10(11)2-4-13-8-10/h9H,2-8,11H2,1H3. The van der Waals surface area contributed by atoms with Gasteiger partial charge in [-0.15, -0.1) is 0 Å². The average molecular weight is 216 g/mol. The zero-order chi connectivity index (χ0) is 10.0. The second kappa shape index (κ2) is 4.39. The second-order valence-corrected chi connectivity index (χ2v) is 6.13. The number of rotatable bonds is 2. The number of nitrogens with zero attached hydrogens (tertiary/aromatic N) is 1. The minimum Gasteiger partial charge on any atom is -0.379 e. The van der Waals surface area contributed by atoms with E-state index in [1.54, 1.807) is 0 Å². The number of nitrogens with two attached hydrogens (primary N) is 1. The Hall–Kier alpha value is 0.230. The van der Waals surface area contributed by atoms with Gasteiger partial charge < -0.3 is 10.5 Å². The van der Waals surface area contributed by atoms with Crippen molar-refractivity contribution in [1.82, 2.24) is 4.90 Å². The lowest BCUT2D eigenvalue weighted by Crippen LogP contribution is -2.53. The Morgan fingerprint density at radius 3 is 3.14 bits per heavy atom. The third-order valence-corrected chi connectivity index (χ3v) is 4.13. The molecule has 2 heterocycles. The van der Waals surface area contributed by atoms with Gasteiger partial charge in [0.1, 0.15) is 0 Å². The molecule has 2 fully saturated rings. The predicted molar refractivity (Wildman–Crippen MR) is 60.7 cm³/mol. The molecular formula is C10H20N2OS. The van der Waals surface area contributed by atoms with Crippen molar-refractivity contribution in [3.8, 4) is 0 Å². The maximum Gasteiger partial charge on any atom is 0.0659 e. The van der Waals surface area contributed by atoms with Crippen LogP contribution in [0.2, 0.25) is 0 Å². The van der Waals surface area contributed by atoms with Gasteiger partial charge in [-0.3, -0.25) is 4.90 Å². The Morgan fingerprint density at radius 2 is 2.50 bits per heavy atom. The van der Waals surface area contributed by atoms with Gasteiger partial charge in [0.05, 0.1) is 12.1 Å². The first-order chi connectivity index (χ1) is 6.68. The van der Waals surface area contributed by atoms with Crippen molar-refractivity contribution >= 4 is 11.8 Å². The number of hydrogen-bond donors (Lipinski definition) is 1. The lowest BCUT2D eigenvalue weighted by atomic mass is 9.99. The lowest BCUT2D eigenvalue weighted by Gasteiger charge is -2.35. The molecule has 82 valence electrons. The first-order valence-electron chi connectivity index (χ1n) is 5.39. The zero-order valence-corrected chi connectivity index (χ0v) is 9.68. The quantitative estimate of drug-likeness (QED) is 0.731. The largest absolute Gasteiger partial charge is 0.379 e. The summed E-state index contributed by atoms with van der Waals surface area (Å²) < 4.78 is 5.37. The highest BCUT2D eigenvalue weighted by molar-refractivity contribution is 7.99. The van der Waals surface area contributed by atoms with E-state index in [1.807, 2.05) is 0 Å². The first kappa shape index (κ1) is 10.7. The van der Waals surface area contributed by atoms with Crippen molar-refractivity contribution in [3.05, 3.63) is 0 Å². The zero-order valence-electron chi connectivity index (χ0n) is 8.87. The van der Waals surface area contributed by atoms with Gasteiger partial charge in [-0.05, 0) is 6.42 Å². The summed E-state index contributed by atoms with van der Waals surface area (Å²) in [5.41, 5.74) is 6.19. The summed E-state index contributed by atoms with van der Waals surface area (Å²) in [5, 5.41) is 0.759. The van der Waals surface area contributed by atoms with E-state index in [1.165, 1.54) is 18.8 Å². The van der Waals surface area contributed by atoms with Gasteiger partial charge >= 0.3 is 0 Å². The third kappa shape index (κ3) is 2.63. The smallest absolute Gasteiger partial charge is 0.0659 e. The van der Waals surface area contributed by atoms with E-state index < -0.39 is 0 Å². The topological polar surface area (TPSA) is 38.5 Å². The van der Waals surface area contributed by atoms with Gasteiger partial charge in [0.15, 0.2) is 0 Å². The molecule has 4 heteroatoms. The summed E-state index contributed by atoms with van der Waals surface area (Å²) in [6, 6.07) is 0. The molecule has 2 atom stereocenters. The molecule has 0 aliphatic carbocycles. The van der Waals surface area contributed by atoms with Crippen molar-refractivity contribution in [3.63, 3.8) is 0 Å². The maximum absolute atomic E-state index is 6.26. The molecule has 0 aromatic carbocycles. The molecule has 14 heavy (non-hydrogen) atoms. The Kier molecular flexibility index (Phi) is 3.37. The first-order valence-corrected chi connectivity index (χ1v) is 6.43. The molecule has 2 saturated heterocycles. The molecule has 0 radical (unpaired) electrons. The summed E-state index contributed by atoms with van der Waals surface area (Å²) >= 11 is 2.06. The van der Waals surface area contributed by atoms with Crippen LogP contribution in [0.3, 0.4) is 0 Å². The van der Waals surface area contributed by atoms with E-state index in [9.17, 15) is 0 Å². The van der Waals surface area contributed by atoms with Crippen molar-refractivity contribution in [1.29, 1.82) is 0 Å². The van der Waals surface area contributed by atoms with Crippen LogP contribution in [0.4, 0.5) is 0 Å². The summed E-state index contributed by atoms with van der Waals surface area (Å²) in [4.78, 5) is 2.50. The molecule has 0 amide bonds. The van der Waals surface area contributed by atoms with E-state index in [-0.39, 0.29) is 5.54 Å². The highest BCUT2D eigenvalue weighted by Gasteiger charge is 2.33. The molecule has 2 aliphatic heterocycles. The Balaban J connectivity index is 1.83. The van der Waals surface area contributed by atoms with Crippen molar-refractivity contribution in [2.45, 2.75) is 24.1 Å². The normalized spacial score (nSPS) is 40.3. The van der Waals surface area contributed by atoms with Crippen LogP contribution in [0, 0.1) is 0 Å². The van der Waals surface area contributed by atoms with Crippen LogP contribution in [0.1, 0.15) is 13.3 Å². The van der Waals surface area contributed by atoms with Crippen LogP contribution in [-0.4, -0.2) is 54.3 Å². The summed E-state index contributed by atoms with van der Waals surface area (Å²) in [6.07, 6.45) is 1.02. The second-order valence-electron chi connectivity index (χ2n) is 4.58. The Labute approximate surface area is 90.3 Å². The maximum atomic E-state index is 6.26. The fourth-order valence-corrected chi connectivity index (χ4v) is 3.31. The van der Waals surface area contributed by atoms with Crippen molar-refractivity contribution in [2.24, 2.45) is 5.73 Å². The fourth-order valence-electron chi connectivity index (χ4n) is 2.23. The van der Waals surface area contributed by atoms with E-state index in [0.717, 1.165) is 31.4 Å². The van der Waals surface area contributed by atoms with E-state index in [0.29, 0.717) is 0 Å². The van der Waals surface area contributed by atoms with Gasteiger partial charge in [0.2, 0.25) is 0 Å². The SMILES string of the molecule is CC1CN(CC2(N)CCOC2)CCS1. The van der Waals surface area contributed by atoms with Gasteiger partial charge in [0, 0.05) is 37.2 Å². The number of hydrogen-bond acceptors (Lipinski definition) is 4. The van der Waals surface area contributed by atoms with Crippen LogP contribution in [0.15, 0.2) is 0 Å². The molecule has 0 bridgehead atoms. The fraction of sp³-hybridized carbons (Fsp3) is 1.00. The molecule has 0 saturated carbocycles. The van der Waals surface area contributed by atoms with Gasteiger partial charge in [0.25, 0.3) is 0 Å². The highest BCUT2D eigenvalue weighted by Crippen LogP contribution is 2.22.